The number of hydrogen-bond donors (Lipinski definition) is 2. The molecule has 24 heavy (non-hydrogen) atoms. The van der Waals surface area contributed by atoms with E-state index in [9.17, 15) is 4.79 Å². The first-order valence-corrected chi connectivity index (χ1v) is 8.44. The van der Waals surface area contributed by atoms with Crippen LogP contribution in [-0.2, 0) is 4.79 Å². The number of thiophene rings is 1. The number of carbonyl (C=O) groups excluding carboxylic acids is 1. The monoisotopic (exact) mass is 337 g/mol. The van der Waals surface area contributed by atoms with E-state index in [1.54, 1.807) is 16.0 Å². The van der Waals surface area contributed by atoms with Gasteiger partial charge >= 0.3 is 0 Å². The van der Waals surface area contributed by atoms with Crippen LogP contribution in [0.25, 0.3) is 0 Å². The van der Waals surface area contributed by atoms with Crippen molar-refractivity contribution >= 4 is 28.9 Å². The Kier molecular flexibility index (Phi) is 3.62. The average Bonchev–Trinajstić information content (AvgIpc) is 3.25. The largest absolute Gasteiger partial charge is 0.328 e. The van der Waals surface area contributed by atoms with Crippen molar-refractivity contribution < 1.29 is 4.79 Å². The molecule has 0 radical (unpaired) electrons. The first kappa shape index (κ1) is 14.6. The van der Waals surface area contributed by atoms with Gasteiger partial charge in [-0.1, -0.05) is 18.2 Å². The number of carbonyl (C=O) groups is 1. The van der Waals surface area contributed by atoms with Gasteiger partial charge in [0, 0.05) is 11.4 Å². The smallest absolute Gasteiger partial charge is 0.255 e. The Hall–Kier alpha value is -2.93. The molecule has 0 bridgehead atoms. The third kappa shape index (κ3) is 2.48. The first-order valence-electron chi connectivity index (χ1n) is 7.50. The highest BCUT2D eigenvalue weighted by atomic mass is 32.1. The quantitative estimate of drug-likeness (QED) is 0.769. The van der Waals surface area contributed by atoms with E-state index in [1.807, 2.05) is 54.1 Å². The van der Waals surface area contributed by atoms with Crippen molar-refractivity contribution in [2.24, 2.45) is 0 Å². The van der Waals surface area contributed by atoms with Crippen molar-refractivity contribution in [3.8, 4) is 0 Å². The third-order valence-electron chi connectivity index (χ3n) is 3.93. The molecule has 120 valence electrons. The molecule has 2 aromatic heterocycles. The van der Waals surface area contributed by atoms with Crippen LogP contribution in [-0.4, -0.2) is 20.7 Å². The lowest BCUT2D eigenvalue weighted by Gasteiger charge is -2.28. The molecule has 0 fully saturated rings. The summed E-state index contributed by atoms with van der Waals surface area (Å²) >= 11 is 1.59. The molecule has 2 N–H and O–H groups in total. The Labute approximate surface area is 142 Å². The predicted octanol–water partition coefficient (Wildman–Crippen LogP) is 3.27. The molecular formula is C17H15N5OS. The lowest BCUT2D eigenvalue weighted by molar-refractivity contribution is -0.113. The Bertz CT molecular complexity index is 898. The lowest BCUT2D eigenvalue weighted by atomic mass is 9.97. The van der Waals surface area contributed by atoms with Gasteiger partial charge in [0.2, 0.25) is 5.95 Å². The maximum atomic E-state index is 12.9. The van der Waals surface area contributed by atoms with Crippen molar-refractivity contribution in [2.75, 3.05) is 10.6 Å². The summed E-state index contributed by atoms with van der Waals surface area (Å²) in [7, 11) is 0. The van der Waals surface area contributed by atoms with Crippen LogP contribution in [0.4, 0.5) is 11.6 Å². The number of para-hydroxylation sites is 1. The topological polar surface area (TPSA) is 71.8 Å². The fraction of sp³-hybridized carbons (Fsp3) is 0.118. The molecule has 1 amide bonds. The van der Waals surface area contributed by atoms with Crippen LogP contribution in [0.5, 0.6) is 0 Å². The molecule has 1 aromatic carbocycles. The Balaban J connectivity index is 1.75. The maximum Gasteiger partial charge on any atom is 0.255 e. The highest BCUT2D eigenvalue weighted by Gasteiger charge is 2.33. The Morgan fingerprint density at radius 1 is 1.29 bits per heavy atom. The van der Waals surface area contributed by atoms with E-state index in [4.69, 9.17) is 0 Å². The van der Waals surface area contributed by atoms with Gasteiger partial charge in [-0.05, 0) is 41.4 Å². The van der Waals surface area contributed by atoms with E-state index < -0.39 is 0 Å². The minimum atomic E-state index is -0.293. The average molecular weight is 337 g/mol. The number of allylic oxidation sites excluding steroid dienone is 1. The molecule has 3 heterocycles. The third-order valence-corrected chi connectivity index (χ3v) is 4.63. The molecule has 0 spiro atoms. The molecule has 7 heteroatoms. The number of fused-ring (bicyclic) bond motifs is 1. The second-order valence-electron chi connectivity index (χ2n) is 5.47. The normalized spacial score (nSPS) is 16.5. The number of benzene rings is 1. The molecule has 1 atom stereocenters. The predicted molar refractivity (Wildman–Crippen MR) is 93.9 cm³/mol. The molecule has 0 aliphatic carbocycles. The molecule has 1 aliphatic rings. The molecule has 6 nitrogen and oxygen atoms in total. The standard InChI is InChI=1S/C17H15N5OS/c1-11-14(16(23)21-13-5-3-2-4-6-13)15(12-7-8-24-9-12)22-17(20-11)18-10-19-22/h2-10,15H,1H3,(H,21,23)(H,18,19,20). The van der Waals surface area contributed by atoms with E-state index in [0.717, 1.165) is 16.9 Å². The summed E-state index contributed by atoms with van der Waals surface area (Å²) in [6.07, 6.45) is 1.49. The van der Waals surface area contributed by atoms with Gasteiger partial charge in [0.1, 0.15) is 12.4 Å². The van der Waals surface area contributed by atoms with Gasteiger partial charge in [-0.15, -0.1) is 0 Å². The van der Waals surface area contributed by atoms with Crippen molar-refractivity contribution in [3.05, 3.63) is 70.3 Å². The number of rotatable bonds is 3. The molecule has 0 saturated heterocycles. The summed E-state index contributed by atoms with van der Waals surface area (Å²) in [4.78, 5) is 17.2. The van der Waals surface area contributed by atoms with E-state index in [-0.39, 0.29) is 11.9 Å². The summed E-state index contributed by atoms with van der Waals surface area (Å²) in [5.74, 6) is 0.489. The molecule has 0 saturated carbocycles. The van der Waals surface area contributed by atoms with Gasteiger partial charge in [-0.25, -0.2) is 4.68 Å². The van der Waals surface area contributed by atoms with E-state index in [2.05, 4.69) is 20.7 Å². The van der Waals surface area contributed by atoms with E-state index in [1.165, 1.54) is 6.33 Å². The van der Waals surface area contributed by atoms with Gasteiger partial charge < -0.3 is 10.6 Å². The van der Waals surface area contributed by atoms with E-state index in [0.29, 0.717) is 11.5 Å². The SMILES string of the molecule is CC1=C(C(=O)Nc2ccccc2)C(c2ccsc2)n2ncnc2N1. The van der Waals surface area contributed by atoms with E-state index >= 15 is 0 Å². The molecule has 3 aromatic rings. The number of anilines is 2. The van der Waals surface area contributed by atoms with Gasteiger partial charge in [0.15, 0.2) is 0 Å². The summed E-state index contributed by atoms with van der Waals surface area (Å²) in [6.45, 7) is 1.89. The zero-order chi connectivity index (χ0) is 16.5. The van der Waals surface area contributed by atoms with Gasteiger partial charge in [-0.3, -0.25) is 4.79 Å². The van der Waals surface area contributed by atoms with Crippen LogP contribution in [0, 0.1) is 0 Å². The molecular weight excluding hydrogens is 322 g/mol. The zero-order valence-corrected chi connectivity index (χ0v) is 13.7. The van der Waals surface area contributed by atoms with Crippen LogP contribution in [0.2, 0.25) is 0 Å². The van der Waals surface area contributed by atoms with Gasteiger partial charge in [0.05, 0.1) is 5.57 Å². The van der Waals surface area contributed by atoms with Gasteiger partial charge in [0.25, 0.3) is 5.91 Å². The number of aromatic nitrogens is 3. The Morgan fingerprint density at radius 3 is 2.88 bits per heavy atom. The summed E-state index contributed by atoms with van der Waals surface area (Å²) in [6, 6.07) is 11.1. The minimum Gasteiger partial charge on any atom is -0.328 e. The minimum absolute atomic E-state index is 0.149. The second-order valence-corrected chi connectivity index (χ2v) is 6.25. The van der Waals surface area contributed by atoms with Gasteiger partial charge in [-0.2, -0.15) is 21.4 Å². The van der Waals surface area contributed by atoms with Crippen LogP contribution in [0.3, 0.4) is 0 Å². The summed E-state index contributed by atoms with van der Waals surface area (Å²) in [5.41, 5.74) is 3.19. The van der Waals surface area contributed by atoms with Crippen molar-refractivity contribution in [3.63, 3.8) is 0 Å². The zero-order valence-electron chi connectivity index (χ0n) is 12.9. The number of hydrogen-bond acceptors (Lipinski definition) is 5. The van der Waals surface area contributed by atoms with Crippen LogP contribution in [0.15, 0.2) is 64.8 Å². The molecule has 4 rings (SSSR count). The maximum absolute atomic E-state index is 12.9. The number of amides is 1. The first-order chi connectivity index (χ1) is 11.7. The highest BCUT2D eigenvalue weighted by molar-refractivity contribution is 7.08. The summed E-state index contributed by atoms with van der Waals surface area (Å²) in [5, 5.41) is 14.5. The fourth-order valence-corrected chi connectivity index (χ4v) is 3.52. The summed E-state index contributed by atoms with van der Waals surface area (Å²) < 4.78 is 1.74. The van der Waals surface area contributed by atoms with Crippen molar-refractivity contribution in [1.82, 2.24) is 14.8 Å². The molecule has 1 unspecified atom stereocenters. The fourth-order valence-electron chi connectivity index (χ4n) is 2.84. The molecule has 1 aliphatic heterocycles. The van der Waals surface area contributed by atoms with Crippen molar-refractivity contribution in [2.45, 2.75) is 13.0 Å². The second kappa shape index (κ2) is 5.93. The van der Waals surface area contributed by atoms with Crippen LogP contribution in [0.1, 0.15) is 18.5 Å². The van der Waals surface area contributed by atoms with Crippen LogP contribution >= 0.6 is 11.3 Å². The highest BCUT2D eigenvalue weighted by Crippen LogP contribution is 2.35. The Morgan fingerprint density at radius 2 is 2.12 bits per heavy atom. The lowest BCUT2D eigenvalue weighted by Crippen LogP contribution is -2.31. The van der Waals surface area contributed by atoms with Crippen LogP contribution < -0.4 is 10.6 Å². The number of nitrogens with zero attached hydrogens (tertiary/aromatic N) is 3. The van der Waals surface area contributed by atoms with Crippen molar-refractivity contribution in [1.29, 1.82) is 0 Å². The number of nitrogens with one attached hydrogen (secondary N) is 2.